The van der Waals surface area contributed by atoms with Gasteiger partial charge in [0.1, 0.15) is 0 Å². The molecule has 2 saturated heterocycles. The Balaban J connectivity index is 2.03. The quantitative estimate of drug-likeness (QED) is 0.572. The third kappa shape index (κ3) is 2.29. The van der Waals surface area contributed by atoms with E-state index in [4.69, 9.17) is 5.21 Å². The summed E-state index contributed by atoms with van der Waals surface area (Å²) in [6.45, 7) is 4.64. The molecule has 0 saturated carbocycles. The Hall–Kier alpha value is -1.10. The van der Waals surface area contributed by atoms with Gasteiger partial charge in [-0.2, -0.15) is 0 Å². The van der Waals surface area contributed by atoms with Crippen molar-refractivity contribution in [2.45, 2.75) is 32.2 Å². The zero-order chi connectivity index (χ0) is 12.4. The normalized spacial score (nSPS) is 33.6. The molecule has 17 heavy (non-hydrogen) atoms. The molecule has 2 aliphatic heterocycles. The zero-order valence-electron chi connectivity index (χ0n) is 10.6. The van der Waals surface area contributed by atoms with Crippen molar-refractivity contribution in [3.05, 3.63) is 0 Å². The molecule has 0 aromatic heterocycles. The van der Waals surface area contributed by atoms with Crippen LogP contribution in [0.5, 0.6) is 0 Å². The van der Waals surface area contributed by atoms with Gasteiger partial charge in [-0.3, -0.25) is 9.69 Å². The summed E-state index contributed by atoms with van der Waals surface area (Å²) in [5, 5.41) is 12.3. The first-order chi connectivity index (χ1) is 8.17. The molecule has 2 unspecified atom stereocenters. The zero-order valence-corrected chi connectivity index (χ0v) is 10.6. The third-order valence-corrected chi connectivity index (χ3v) is 4.04. The van der Waals surface area contributed by atoms with E-state index in [9.17, 15) is 4.79 Å². The predicted octanol–water partition coefficient (Wildman–Crippen LogP) is 0.779. The van der Waals surface area contributed by atoms with E-state index in [0.717, 1.165) is 44.6 Å². The number of carbonyl (C=O) groups is 1. The highest BCUT2D eigenvalue weighted by Crippen LogP contribution is 2.23. The molecule has 0 bridgehead atoms. The van der Waals surface area contributed by atoms with Crippen LogP contribution in [0.1, 0.15) is 26.2 Å². The standard InChI is InChI=1S/C12H21N3O2/c1-3-9-8-15(7-4-10(9)13-17)11-5-6-14(2)12(11)16/h9,11,17H,3-8H2,1-2H3. The van der Waals surface area contributed by atoms with Crippen molar-refractivity contribution < 1.29 is 10.0 Å². The summed E-state index contributed by atoms with van der Waals surface area (Å²) in [4.78, 5) is 16.0. The van der Waals surface area contributed by atoms with Crippen LogP contribution in [0.15, 0.2) is 5.16 Å². The lowest BCUT2D eigenvalue weighted by Gasteiger charge is -2.35. The van der Waals surface area contributed by atoms with E-state index >= 15 is 0 Å². The van der Waals surface area contributed by atoms with Crippen LogP contribution in [0.2, 0.25) is 0 Å². The highest BCUT2D eigenvalue weighted by Gasteiger charge is 2.37. The Kier molecular flexibility index (Phi) is 3.66. The highest BCUT2D eigenvalue weighted by molar-refractivity contribution is 5.88. The van der Waals surface area contributed by atoms with Crippen molar-refractivity contribution in [2.75, 3.05) is 26.7 Å². The summed E-state index contributed by atoms with van der Waals surface area (Å²) in [5.41, 5.74) is 0.891. The first-order valence-electron chi connectivity index (χ1n) is 6.37. The average Bonchev–Trinajstić information content (AvgIpc) is 2.69. The lowest BCUT2D eigenvalue weighted by atomic mass is 9.92. The topological polar surface area (TPSA) is 56.1 Å². The molecule has 1 N–H and O–H groups in total. The van der Waals surface area contributed by atoms with Gasteiger partial charge in [0.25, 0.3) is 0 Å². The van der Waals surface area contributed by atoms with Gasteiger partial charge >= 0.3 is 0 Å². The molecule has 0 aliphatic carbocycles. The number of nitrogens with zero attached hydrogens (tertiary/aromatic N) is 3. The van der Waals surface area contributed by atoms with Crippen molar-refractivity contribution in [1.29, 1.82) is 0 Å². The number of oxime groups is 1. The van der Waals surface area contributed by atoms with Crippen molar-refractivity contribution in [2.24, 2.45) is 11.1 Å². The summed E-state index contributed by atoms with van der Waals surface area (Å²) >= 11 is 0. The van der Waals surface area contributed by atoms with E-state index in [1.807, 2.05) is 7.05 Å². The van der Waals surface area contributed by atoms with E-state index in [0.29, 0.717) is 5.92 Å². The van der Waals surface area contributed by atoms with E-state index < -0.39 is 0 Å². The smallest absolute Gasteiger partial charge is 0.239 e. The Morgan fingerprint density at radius 3 is 2.76 bits per heavy atom. The van der Waals surface area contributed by atoms with Crippen LogP contribution < -0.4 is 0 Å². The van der Waals surface area contributed by atoms with Crippen LogP contribution >= 0.6 is 0 Å². The minimum atomic E-state index is 0.0503. The minimum Gasteiger partial charge on any atom is -0.411 e. The van der Waals surface area contributed by atoms with Crippen LogP contribution in [0.4, 0.5) is 0 Å². The third-order valence-electron chi connectivity index (χ3n) is 4.04. The maximum absolute atomic E-state index is 12.0. The van der Waals surface area contributed by atoms with Gasteiger partial charge in [0.15, 0.2) is 0 Å². The second-order valence-electron chi connectivity index (χ2n) is 5.01. The first-order valence-corrected chi connectivity index (χ1v) is 6.37. The number of likely N-dealkylation sites (tertiary alicyclic amines) is 2. The molecule has 2 fully saturated rings. The number of hydrogen-bond acceptors (Lipinski definition) is 4. The molecule has 0 spiro atoms. The molecule has 2 heterocycles. The van der Waals surface area contributed by atoms with Gasteiger partial charge in [-0.15, -0.1) is 0 Å². The summed E-state index contributed by atoms with van der Waals surface area (Å²) in [7, 11) is 1.87. The fourth-order valence-corrected chi connectivity index (χ4v) is 2.86. The largest absolute Gasteiger partial charge is 0.411 e. The molecule has 0 radical (unpaired) electrons. The molecule has 0 aromatic rings. The Labute approximate surface area is 102 Å². The van der Waals surface area contributed by atoms with Gasteiger partial charge in [0, 0.05) is 39.0 Å². The molecule has 2 aliphatic rings. The lowest BCUT2D eigenvalue weighted by molar-refractivity contribution is -0.131. The van der Waals surface area contributed by atoms with Gasteiger partial charge in [-0.1, -0.05) is 12.1 Å². The van der Waals surface area contributed by atoms with E-state index in [1.54, 1.807) is 4.90 Å². The summed E-state index contributed by atoms with van der Waals surface area (Å²) in [5.74, 6) is 0.539. The monoisotopic (exact) mass is 239 g/mol. The molecule has 5 nitrogen and oxygen atoms in total. The fourth-order valence-electron chi connectivity index (χ4n) is 2.86. The SMILES string of the molecule is CCC1CN(C2CCN(C)C2=O)CCC1=NO. The number of amides is 1. The molecular formula is C12H21N3O2. The maximum atomic E-state index is 12.0. The second kappa shape index (κ2) is 5.04. The summed E-state index contributed by atoms with van der Waals surface area (Å²) in [6.07, 6.45) is 2.67. The Bertz CT molecular complexity index is 330. The van der Waals surface area contributed by atoms with Gasteiger partial charge in [-0.05, 0) is 12.8 Å². The van der Waals surface area contributed by atoms with Crippen LogP contribution in [0.25, 0.3) is 0 Å². The van der Waals surface area contributed by atoms with E-state index in [2.05, 4.69) is 17.0 Å². The van der Waals surface area contributed by atoms with Crippen molar-refractivity contribution in [1.82, 2.24) is 9.80 Å². The Morgan fingerprint density at radius 2 is 2.24 bits per heavy atom. The molecule has 1 amide bonds. The van der Waals surface area contributed by atoms with Gasteiger partial charge in [0.05, 0.1) is 11.8 Å². The van der Waals surface area contributed by atoms with Crippen LogP contribution in [0, 0.1) is 5.92 Å². The van der Waals surface area contributed by atoms with Crippen LogP contribution in [0.3, 0.4) is 0 Å². The molecular weight excluding hydrogens is 218 g/mol. The van der Waals surface area contributed by atoms with Gasteiger partial charge in [-0.25, -0.2) is 0 Å². The molecule has 2 atom stereocenters. The predicted molar refractivity (Wildman–Crippen MR) is 65.2 cm³/mol. The van der Waals surface area contributed by atoms with E-state index in [-0.39, 0.29) is 11.9 Å². The second-order valence-corrected chi connectivity index (χ2v) is 5.01. The Morgan fingerprint density at radius 1 is 1.47 bits per heavy atom. The fraction of sp³-hybridized carbons (Fsp3) is 0.833. The summed E-state index contributed by atoms with van der Waals surface area (Å²) < 4.78 is 0. The molecule has 0 aromatic carbocycles. The van der Waals surface area contributed by atoms with Crippen LogP contribution in [-0.4, -0.2) is 59.3 Å². The minimum absolute atomic E-state index is 0.0503. The number of piperidine rings is 1. The first kappa shape index (κ1) is 12.4. The van der Waals surface area contributed by atoms with Gasteiger partial charge in [0.2, 0.25) is 5.91 Å². The number of rotatable bonds is 2. The molecule has 5 heteroatoms. The number of likely N-dealkylation sites (N-methyl/N-ethyl adjacent to an activating group) is 1. The maximum Gasteiger partial charge on any atom is 0.239 e. The van der Waals surface area contributed by atoms with Crippen molar-refractivity contribution >= 4 is 11.6 Å². The number of hydrogen-bond donors (Lipinski definition) is 1. The van der Waals surface area contributed by atoms with Gasteiger partial charge < -0.3 is 10.1 Å². The van der Waals surface area contributed by atoms with Crippen LogP contribution in [-0.2, 0) is 4.79 Å². The lowest BCUT2D eigenvalue weighted by Crippen LogP contribution is -2.49. The summed E-state index contributed by atoms with van der Waals surface area (Å²) in [6, 6.07) is 0.0503. The molecule has 96 valence electrons. The number of carbonyl (C=O) groups excluding carboxylic acids is 1. The average molecular weight is 239 g/mol. The van der Waals surface area contributed by atoms with Crippen molar-refractivity contribution in [3.63, 3.8) is 0 Å². The van der Waals surface area contributed by atoms with Crippen molar-refractivity contribution in [3.8, 4) is 0 Å². The van der Waals surface area contributed by atoms with E-state index in [1.165, 1.54) is 0 Å². The molecule has 2 rings (SSSR count). The highest BCUT2D eigenvalue weighted by atomic mass is 16.4.